The Morgan fingerprint density at radius 2 is 2.17 bits per heavy atom. The van der Waals surface area contributed by atoms with Crippen LogP contribution in [0.25, 0.3) is 0 Å². The Balaban J connectivity index is 2.06. The predicted molar refractivity (Wildman–Crippen MR) is 85.9 cm³/mol. The smallest absolute Gasteiger partial charge is 0.407 e. The van der Waals surface area contributed by atoms with Gasteiger partial charge in [0.25, 0.3) is 0 Å². The standard InChI is InChI=1S/C16H28N4O3/c1-5-20-13(18-11-19-20)8-16(10-21,12-6-7-12)9-17-14(22)23-15(2,3)4/h11-12,21H,5-10H2,1-4H3,(H,17,22). The second-order valence-corrected chi connectivity index (χ2v) is 7.32. The van der Waals surface area contributed by atoms with Crippen LogP contribution in [0.1, 0.15) is 46.4 Å². The van der Waals surface area contributed by atoms with Crippen molar-refractivity contribution < 1.29 is 14.6 Å². The van der Waals surface area contributed by atoms with Crippen molar-refractivity contribution in [2.45, 2.75) is 59.1 Å². The van der Waals surface area contributed by atoms with Gasteiger partial charge >= 0.3 is 6.09 Å². The summed E-state index contributed by atoms with van der Waals surface area (Å²) in [5, 5.41) is 17.1. The fourth-order valence-electron chi connectivity index (χ4n) is 2.85. The van der Waals surface area contributed by atoms with Crippen molar-refractivity contribution in [2.75, 3.05) is 13.2 Å². The normalized spacial score (nSPS) is 17.6. The Hall–Kier alpha value is -1.63. The molecule has 7 heteroatoms. The van der Waals surface area contributed by atoms with Crippen LogP contribution in [0.4, 0.5) is 4.79 Å². The van der Waals surface area contributed by atoms with Gasteiger partial charge in [0.1, 0.15) is 17.8 Å². The second-order valence-electron chi connectivity index (χ2n) is 7.32. The van der Waals surface area contributed by atoms with Gasteiger partial charge in [0, 0.05) is 24.9 Å². The average molecular weight is 324 g/mol. The molecule has 0 radical (unpaired) electrons. The molecule has 1 heterocycles. The van der Waals surface area contributed by atoms with Gasteiger partial charge in [-0.1, -0.05) is 0 Å². The zero-order chi connectivity index (χ0) is 17.1. The molecular formula is C16H28N4O3. The highest BCUT2D eigenvalue weighted by atomic mass is 16.6. The third kappa shape index (κ3) is 4.67. The van der Waals surface area contributed by atoms with Gasteiger partial charge in [-0.15, -0.1) is 0 Å². The summed E-state index contributed by atoms with van der Waals surface area (Å²) in [5.74, 6) is 1.24. The number of nitrogens with zero attached hydrogens (tertiary/aromatic N) is 3. The Kier molecular flexibility index (Phi) is 5.29. The van der Waals surface area contributed by atoms with Crippen molar-refractivity contribution in [2.24, 2.45) is 11.3 Å². The maximum atomic E-state index is 11.9. The molecule has 1 aromatic heterocycles. The zero-order valence-corrected chi connectivity index (χ0v) is 14.5. The Morgan fingerprint density at radius 3 is 2.70 bits per heavy atom. The molecule has 1 unspecified atom stereocenters. The van der Waals surface area contributed by atoms with Crippen molar-refractivity contribution in [3.8, 4) is 0 Å². The number of hydrogen-bond donors (Lipinski definition) is 2. The van der Waals surface area contributed by atoms with E-state index in [1.165, 1.54) is 6.33 Å². The van der Waals surface area contributed by atoms with Crippen LogP contribution in [-0.4, -0.2) is 44.7 Å². The van der Waals surface area contributed by atoms with Crippen molar-refractivity contribution in [3.05, 3.63) is 12.2 Å². The maximum Gasteiger partial charge on any atom is 0.407 e. The molecular weight excluding hydrogens is 296 g/mol. The molecule has 2 N–H and O–H groups in total. The lowest BCUT2D eigenvalue weighted by Gasteiger charge is -2.32. The highest BCUT2D eigenvalue weighted by molar-refractivity contribution is 5.67. The number of amides is 1. The van der Waals surface area contributed by atoms with Gasteiger partial charge in [0.05, 0.1) is 6.61 Å². The van der Waals surface area contributed by atoms with Crippen LogP contribution in [-0.2, 0) is 17.7 Å². The van der Waals surface area contributed by atoms with Crippen LogP contribution >= 0.6 is 0 Å². The summed E-state index contributed by atoms with van der Waals surface area (Å²) in [5.41, 5.74) is -0.940. The van der Waals surface area contributed by atoms with E-state index in [-0.39, 0.29) is 6.61 Å². The first kappa shape index (κ1) is 17.7. The number of hydrogen-bond acceptors (Lipinski definition) is 5. The highest BCUT2D eigenvalue weighted by Gasteiger charge is 2.46. The van der Waals surface area contributed by atoms with Gasteiger partial charge in [-0.25, -0.2) is 9.78 Å². The molecule has 1 aliphatic carbocycles. The van der Waals surface area contributed by atoms with Crippen molar-refractivity contribution >= 4 is 6.09 Å². The summed E-state index contributed by atoms with van der Waals surface area (Å²) in [6.07, 6.45) is 3.81. The summed E-state index contributed by atoms with van der Waals surface area (Å²) >= 11 is 0. The lowest BCUT2D eigenvalue weighted by atomic mass is 9.79. The third-order valence-corrected chi connectivity index (χ3v) is 4.25. The Labute approximate surface area is 137 Å². The summed E-state index contributed by atoms with van der Waals surface area (Å²) in [7, 11) is 0. The number of nitrogens with one attached hydrogen (secondary N) is 1. The third-order valence-electron chi connectivity index (χ3n) is 4.25. The molecule has 0 spiro atoms. The number of aryl methyl sites for hydroxylation is 1. The minimum Gasteiger partial charge on any atom is -0.444 e. The average Bonchev–Trinajstić information content (AvgIpc) is 3.22. The topological polar surface area (TPSA) is 89.3 Å². The van der Waals surface area contributed by atoms with Crippen LogP contribution < -0.4 is 5.32 Å². The van der Waals surface area contributed by atoms with Gasteiger partial charge in [-0.3, -0.25) is 4.68 Å². The molecule has 1 fully saturated rings. The number of rotatable bonds is 7. The van der Waals surface area contributed by atoms with Crippen molar-refractivity contribution in [1.29, 1.82) is 0 Å². The summed E-state index contributed by atoms with van der Waals surface area (Å²) in [6.45, 7) is 8.61. The van der Waals surface area contributed by atoms with E-state index in [1.807, 2.05) is 32.4 Å². The van der Waals surface area contributed by atoms with Gasteiger partial charge in [-0.2, -0.15) is 5.10 Å². The molecule has 23 heavy (non-hydrogen) atoms. The molecule has 1 atom stereocenters. The first-order valence-corrected chi connectivity index (χ1v) is 8.24. The maximum absolute atomic E-state index is 11.9. The number of alkyl carbamates (subject to hydrolysis) is 1. The number of carbonyl (C=O) groups is 1. The predicted octanol–water partition coefficient (Wildman–Crippen LogP) is 1.75. The van der Waals surface area contributed by atoms with Crippen LogP contribution in [0, 0.1) is 11.3 Å². The highest BCUT2D eigenvalue weighted by Crippen LogP contribution is 2.47. The summed E-state index contributed by atoms with van der Waals surface area (Å²) < 4.78 is 7.13. The van der Waals surface area contributed by atoms with E-state index in [1.54, 1.807) is 0 Å². The quantitative estimate of drug-likeness (QED) is 0.797. The van der Waals surface area contributed by atoms with Gasteiger partial charge < -0.3 is 15.2 Å². The fourth-order valence-corrected chi connectivity index (χ4v) is 2.85. The number of aromatic nitrogens is 3. The van der Waals surface area contributed by atoms with Gasteiger partial charge in [0.2, 0.25) is 0 Å². The lowest BCUT2D eigenvalue weighted by Crippen LogP contribution is -2.45. The number of aliphatic hydroxyl groups is 1. The van der Waals surface area contributed by atoms with Crippen molar-refractivity contribution in [3.63, 3.8) is 0 Å². The molecule has 1 amide bonds. The van der Waals surface area contributed by atoms with E-state index in [0.29, 0.717) is 18.9 Å². The molecule has 0 aromatic carbocycles. The van der Waals surface area contributed by atoms with Crippen molar-refractivity contribution in [1.82, 2.24) is 20.1 Å². The first-order chi connectivity index (χ1) is 10.8. The SMILES string of the molecule is CCn1ncnc1CC(CO)(CNC(=O)OC(C)(C)C)C1CC1. The zero-order valence-electron chi connectivity index (χ0n) is 14.5. The first-order valence-electron chi connectivity index (χ1n) is 8.24. The molecule has 2 rings (SSSR count). The summed E-state index contributed by atoms with van der Waals surface area (Å²) in [6, 6.07) is 0. The molecule has 7 nitrogen and oxygen atoms in total. The van der Waals surface area contributed by atoms with Crippen LogP contribution in [0.2, 0.25) is 0 Å². The van der Waals surface area contributed by atoms with E-state index in [9.17, 15) is 9.90 Å². The number of ether oxygens (including phenoxy) is 1. The Bertz CT molecular complexity index is 534. The van der Waals surface area contributed by atoms with E-state index in [0.717, 1.165) is 25.2 Å². The second kappa shape index (κ2) is 6.86. The van der Waals surface area contributed by atoms with E-state index in [4.69, 9.17) is 4.74 Å². The molecule has 0 bridgehead atoms. The van der Waals surface area contributed by atoms with E-state index in [2.05, 4.69) is 15.4 Å². The minimum absolute atomic E-state index is 0.00401. The van der Waals surface area contributed by atoms with Gasteiger partial charge in [-0.05, 0) is 46.5 Å². The monoisotopic (exact) mass is 324 g/mol. The molecule has 1 aromatic rings. The molecule has 0 aliphatic heterocycles. The largest absolute Gasteiger partial charge is 0.444 e. The molecule has 130 valence electrons. The number of carbonyl (C=O) groups excluding carboxylic acids is 1. The van der Waals surface area contributed by atoms with Gasteiger partial charge in [0.15, 0.2) is 0 Å². The molecule has 1 aliphatic rings. The minimum atomic E-state index is -0.534. The molecule has 1 saturated carbocycles. The summed E-state index contributed by atoms with van der Waals surface area (Å²) in [4.78, 5) is 16.3. The Morgan fingerprint density at radius 1 is 1.48 bits per heavy atom. The van der Waals surface area contributed by atoms with Crippen LogP contribution in [0.5, 0.6) is 0 Å². The fraction of sp³-hybridized carbons (Fsp3) is 0.812. The lowest BCUT2D eigenvalue weighted by molar-refractivity contribution is 0.0435. The van der Waals surface area contributed by atoms with E-state index >= 15 is 0 Å². The van der Waals surface area contributed by atoms with E-state index < -0.39 is 17.1 Å². The van der Waals surface area contributed by atoms with Crippen LogP contribution in [0.15, 0.2) is 6.33 Å². The van der Waals surface area contributed by atoms with Crippen LogP contribution in [0.3, 0.4) is 0 Å². The number of aliphatic hydroxyl groups excluding tert-OH is 1. The molecule has 0 saturated heterocycles.